The summed E-state index contributed by atoms with van der Waals surface area (Å²) in [6.45, 7) is 2.30. The van der Waals surface area contributed by atoms with Gasteiger partial charge in [-0.25, -0.2) is 17.1 Å². The summed E-state index contributed by atoms with van der Waals surface area (Å²) >= 11 is 0. The fourth-order valence-electron chi connectivity index (χ4n) is 1.50. The molecule has 0 unspecified atom stereocenters. The van der Waals surface area contributed by atoms with E-state index in [0.717, 1.165) is 16.8 Å². The van der Waals surface area contributed by atoms with Crippen LogP contribution in [0.15, 0.2) is 23.1 Å². The minimum Gasteiger partial charge on any atom is -0.207 e. The monoisotopic (exact) mass is 270 g/mol. The molecule has 0 radical (unpaired) electrons. The fourth-order valence-corrected chi connectivity index (χ4v) is 2.85. The van der Waals surface area contributed by atoms with Gasteiger partial charge < -0.3 is 0 Å². The van der Waals surface area contributed by atoms with Crippen LogP contribution < -0.4 is 0 Å². The molecule has 18 heavy (non-hydrogen) atoms. The lowest BCUT2D eigenvalue weighted by Gasteiger charge is -2.17. The number of unbranched alkanes of at least 4 members (excludes halogenated alkanes) is 1. The highest BCUT2D eigenvalue weighted by Crippen LogP contribution is 2.21. The Labute approximate surface area is 107 Å². The van der Waals surface area contributed by atoms with Crippen LogP contribution in [0.2, 0.25) is 0 Å². The van der Waals surface area contributed by atoms with Gasteiger partial charge in [0, 0.05) is 13.6 Å². The van der Waals surface area contributed by atoms with E-state index in [1.807, 2.05) is 6.92 Å². The van der Waals surface area contributed by atoms with Crippen molar-refractivity contribution in [3.8, 4) is 6.07 Å². The van der Waals surface area contributed by atoms with Gasteiger partial charge in [-0.3, -0.25) is 0 Å². The van der Waals surface area contributed by atoms with Crippen LogP contribution in [0.5, 0.6) is 0 Å². The third-order valence-corrected chi connectivity index (χ3v) is 4.50. The smallest absolute Gasteiger partial charge is 0.207 e. The van der Waals surface area contributed by atoms with Crippen molar-refractivity contribution < 1.29 is 12.8 Å². The first-order chi connectivity index (χ1) is 8.45. The molecule has 0 amide bonds. The molecule has 0 atom stereocenters. The molecule has 0 bridgehead atoms. The van der Waals surface area contributed by atoms with Crippen LogP contribution in [0, 0.1) is 17.1 Å². The Morgan fingerprint density at radius 1 is 1.44 bits per heavy atom. The molecule has 0 heterocycles. The minimum absolute atomic E-state index is 0.274. The minimum atomic E-state index is -3.81. The molecule has 1 aromatic carbocycles. The second-order valence-electron chi connectivity index (χ2n) is 3.90. The summed E-state index contributed by atoms with van der Waals surface area (Å²) in [5, 5.41) is 8.85. The van der Waals surface area contributed by atoms with Crippen molar-refractivity contribution in [1.29, 1.82) is 5.26 Å². The summed E-state index contributed by atoms with van der Waals surface area (Å²) in [6, 6.07) is 5.21. The van der Waals surface area contributed by atoms with E-state index in [2.05, 4.69) is 0 Å². The van der Waals surface area contributed by atoms with E-state index in [9.17, 15) is 12.8 Å². The first-order valence-electron chi connectivity index (χ1n) is 5.60. The Morgan fingerprint density at radius 2 is 2.11 bits per heavy atom. The van der Waals surface area contributed by atoms with E-state index in [1.165, 1.54) is 19.2 Å². The Morgan fingerprint density at radius 3 is 2.67 bits per heavy atom. The second kappa shape index (κ2) is 5.94. The van der Waals surface area contributed by atoms with Gasteiger partial charge in [0.1, 0.15) is 22.3 Å². The Balaban J connectivity index is 3.21. The quantitative estimate of drug-likeness (QED) is 0.823. The number of hydrogen-bond acceptors (Lipinski definition) is 3. The lowest BCUT2D eigenvalue weighted by atomic mass is 10.2. The Kier molecular flexibility index (Phi) is 4.82. The largest absolute Gasteiger partial charge is 0.244 e. The molecule has 1 rings (SSSR count). The SMILES string of the molecule is CCCCN(C)S(=O)(=O)c1cccc(F)c1C#N. The van der Waals surface area contributed by atoms with E-state index >= 15 is 0 Å². The van der Waals surface area contributed by atoms with Crippen LogP contribution in [0.4, 0.5) is 4.39 Å². The van der Waals surface area contributed by atoms with E-state index in [0.29, 0.717) is 13.0 Å². The van der Waals surface area contributed by atoms with Gasteiger partial charge in [-0.1, -0.05) is 19.4 Å². The molecule has 98 valence electrons. The molecule has 1 aromatic rings. The van der Waals surface area contributed by atoms with Gasteiger partial charge in [-0.05, 0) is 18.6 Å². The van der Waals surface area contributed by atoms with Gasteiger partial charge in [-0.2, -0.15) is 5.26 Å². The summed E-state index contributed by atoms with van der Waals surface area (Å²) in [4.78, 5) is -0.274. The predicted octanol–water partition coefficient (Wildman–Crippen LogP) is 2.12. The molecule has 0 aliphatic rings. The van der Waals surface area contributed by atoms with Gasteiger partial charge in [-0.15, -0.1) is 0 Å². The van der Waals surface area contributed by atoms with Crippen LogP contribution in [-0.2, 0) is 10.0 Å². The molecule has 0 saturated carbocycles. The maximum atomic E-state index is 13.4. The molecular weight excluding hydrogens is 255 g/mol. The van der Waals surface area contributed by atoms with Gasteiger partial charge in [0.2, 0.25) is 10.0 Å². The number of sulfonamides is 1. The first kappa shape index (κ1) is 14.6. The summed E-state index contributed by atoms with van der Waals surface area (Å²) < 4.78 is 38.9. The molecule has 0 aliphatic heterocycles. The van der Waals surface area contributed by atoms with Crippen molar-refractivity contribution in [3.63, 3.8) is 0 Å². The highest BCUT2D eigenvalue weighted by Gasteiger charge is 2.25. The van der Waals surface area contributed by atoms with Crippen LogP contribution in [0.1, 0.15) is 25.3 Å². The van der Waals surface area contributed by atoms with Crippen molar-refractivity contribution in [2.75, 3.05) is 13.6 Å². The molecule has 0 fully saturated rings. The molecule has 0 aliphatic carbocycles. The molecule has 4 nitrogen and oxygen atoms in total. The maximum Gasteiger partial charge on any atom is 0.244 e. The van der Waals surface area contributed by atoms with Crippen LogP contribution in [0.3, 0.4) is 0 Å². The van der Waals surface area contributed by atoms with Crippen molar-refractivity contribution >= 4 is 10.0 Å². The molecule has 6 heteroatoms. The van der Waals surface area contributed by atoms with Crippen LogP contribution in [-0.4, -0.2) is 26.3 Å². The Bertz CT molecular complexity index is 564. The van der Waals surface area contributed by atoms with Crippen LogP contribution >= 0.6 is 0 Å². The van der Waals surface area contributed by atoms with Crippen molar-refractivity contribution in [2.24, 2.45) is 0 Å². The maximum absolute atomic E-state index is 13.4. The van der Waals surface area contributed by atoms with Gasteiger partial charge in [0.15, 0.2) is 0 Å². The average molecular weight is 270 g/mol. The molecular formula is C12H15FN2O2S. The fraction of sp³-hybridized carbons (Fsp3) is 0.417. The topological polar surface area (TPSA) is 61.2 Å². The van der Waals surface area contributed by atoms with Gasteiger partial charge in [0.05, 0.1) is 0 Å². The zero-order valence-electron chi connectivity index (χ0n) is 10.4. The third kappa shape index (κ3) is 2.86. The van der Waals surface area contributed by atoms with Crippen molar-refractivity contribution in [1.82, 2.24) is 4.31 Å². The normalized spacial score (nSPS) is 11.5. The van der Waals surface area contributed by atoms with E-state index in [1.54, 1.807) is 6.07 Å². The van der Waals surface area contributed by atoms with Crippen molar-refractivity contribution in [3.05, 3.63) is 29.6 Å². The highest BCUT2D eigenvalue weighted by molar-refractivity contribution is 7.89. The molecule has 0 N–H and O–H groups in total. The highest BCUT2D eigenvalue weighted by atomic mass is 32.2. The number of nitriles is 1. The number of benzene rings is 1. The van der Waals surface area contributed by atoms with E-state index in [4.69, 9.17) is 5.26 Å². The first-order valence-corrected chi connectivity index (χ1v) is 7.04. The summed E-state index contributed by atoms with van der Waals surface area (Å²) in [5.41, 5.74) is -0.430. The summed E-state index contributed by atoms with van der Waals surface area (Å²) in [6.07, 6.45) is 1.57. The molecule has 0 saturated heterocycles. The zero-order chi connectivity index (χ0) is 13.8. The molecule has 0 spiro atoms. The predicted molar refractivity (Wildman–Crippen MR) is 65.8 cm³/mol. The summed E-state index contributed by atoms with van der Waals surface area (Å²) in [7, 11) is -2.38. The third-order valence-electron chi connectivity index (χ3n) is 2.60. The number of rotatable bonds is 5. The van der Waals surface area contributed by atoms with Gasteiger partial charge in [0.25, 0.3) is 0 Å². The van der Waals surface area contributed by atoms with Gasteiger partial charge >= 0.3 is 0 Å². The lowest BCUT2D eigenvalue weighted by Crippen LogP contribution is -2.28. The average Bonchev–Trinajstić information content (AvgIpc) is 2.35. The number of hydrogen-bond donors (Lipinski definition) is 0. The standard InChI is InChI=1S/C12H15FN2O2S/c1-3-4-8-15(2)18(16,17)12-7-5-6-11(13)10(12)9-14/h5-7H,3-4,8H2,1-2H3. The second-order valence-corrected chi connectivity index (χ2v) is 5.92. The number of halogens is 1. The summed E-state index contributed by atoms with van der Waals surface area (Å²) in [5.74, 6) is -0.817. The lowest BCUT2D eigenvalue weighted by molar-refractivity contribution is 0.458. The Hall–Kier alpha value is -1.45. The zero-order valence-corrected chi connectivity index (χ0v) is 11.2. The number of nitrogens with zero attached hydrogens (tertiary/aromatic N) is 2. The van der Waals surface area contributed by atoms with Crippen LogP contribution in [0.25, 0.3) is 0 Å². The van der Waals surface area contributed by atoms with E-state index in [-0.39, 0.29) is 4.90 Å². The van der Waals surface area contributed by atoms with Crippen molar-refractivity contribution in [2.45, 2.75) is 24.7 Å². The van der Waals surface area contributed by atoms with E-state index < -0.39 is 21.4 Å². The molecule has 0 aromatic heterocycles.